The molecule has 2 aromatic carbocycles. The summed E-state index contributed by atoms with van der Waals surface area (Å²) in [4.78, 5) is 32.2. The molecule has 8 nitrogen and oxygen atoms in total. The first-order valence-electron chi connectivity index (χ1n) is 10.7. The van der Waals surface area contributed by atoms with Crippen LogP contribution in [-0.4, -0.2) is 50.9 Å². The van der Waals surface area contributed by atoms with Gasteiger partial charge in [-0.05, 0) is 18.6 Å². The SMILES string of the molecule is CN=C1C(=C2Cc3ccccc3N2)C(=O)[C@](C)(CNC(C)=O)N1c1cc(OC)cc(OC)c1. The number of benzene rings is 2. The minimum Gasteiger partial charge on any atom is -0.497 e. The van der Waals surface area contributed by atoms with Gasteiger partial charge in [-0.3, -0.25) is 14.6 Å². The van der Waals surface area contributed by atoms with Gasteiger partial charge in [-0.2, -0.15) is 0 Å². The number of amides is 1. The van der Waals surface area contributed by atoms with E-state index in [1.807, 2.05) is 48.2 Å². The van der Waals surface area contributed by atoms with Crippen molar-refractivity contribution in [2.45, 2.75) is 25.8 Å². The van der Waals surface area contributed by atoms with E-state index in [1.54, 1.807) is 27.3 Å². The first-order valence-corrected chi connectivity index (χ1v) is 10.7. The van der Waals surface area contributed by atoms with Crippen molar-refractivity contribution < 1.29 is 19.1 Å². The smallest absolute Gasteiger partial charge is 0.216 e. The number of fused-ring (bicyclic) bond motifs is 1. The van der Waals surface area contributed by atoms with Gasteiger partial charge in [-0.1, -0.05) is 18.2 Å². The minimum absolute atomic E-state index is 0.115. The van der Waals surface area contributed by atoms with Crippen LogP contribution in [0.3, 0.4) is 0 Å². The van der Waals surface area contributed by atoms with Gasteiger partial charge in [-0.25, -0.2) is 0 Å². The van der Waals surface area contributed by atoms with Crippen LogP contribution in [0.4, 0.5) is 11.4 Å². The minimum atomic E-state index is -1.10. The third-order valence-electron chi connectivity index (χ3n) is 6.10. The van der Waals surface area contributed by atoms with Gasteiger partial charge in [0.05, 0.1) is 25.5 Å². The van der Waals surface area contributed by atoms with E-state index >= 15 is 0 Å². The monoisotopic (exact) mass is 448 g/mol. The van der Waals surface area contributed by atoms with E-state index in [2.05, 4.69) is 15.6 Å². The predicted molar refractivity (Wildman–Crippen MR) is 128 cm³/mol. The summed E-state index contributed by atoms with van der Waals surface area (Å²) >= 11 is 0. The summed E-state index contributed by atoms with van der Waals surface area (Å²) in [6, 6.07) is 13.4. The summed E-state index contributed by atoms with van der Waals surface area (Å²) in [5.74, 6) is 1.37. The molecule has 4 rings (SSSR count). The summed E-state index contributed by atoms with van der Waals surface area (Å²) in [6.07, 6.45) is 0.599. The van der Waals surface area contributed by atoms with Crippen LogP contribution in [0.1, 0.15) is 19.4 Å². The molecule has 0 spiro atoms. The van der Waals surface area contributed by atoms with Crippen LogP contribution in [0.25, 0.3) is 0 Å². The molecule has 0 aromatic heterocycles. The molecule has 0 unspecified atom stereocenters. The average Bonchev–Trinajstić information content (AvgIpc) is 3.34. The topological polar surface area (TPSA) is 92.3 Å². The normalized spacial score (nSPS) is 22.9. The number of methoxy groups -OCH3 is 2. The Labute approximate surface area is 193 Å². The zero-order valence-electron chi connectivity index (χ0n) is 19.5. The van der Waals surface area contributed by atoms with Crippen molar-refractivity contribution in [1.29, 1.82) is 0 Å². The third kappa shape index (κ3) is 3.82. The number of anilines is 2. The summed E-state index contributed by atoms with van der Waals surface area (Å²) in [6.45, 7) is 3.37. The molecule has 2 heterocycles. The van der Waals surface area contributed by atoms with Crippen LogP contribution >= 0.6 is 0 Å². The van der Waals surface area contributed by atoms with Crippen LogP contribution in [-0.2, 0) is 16.0 Å². The van der Waals surface area contributed by atoms with Crippen molar-refractivity contribution >= 4 is 28.9 Å². The summed E-state index contributed by atoms with van der Waals surface area (Å²) < 4.78 is 10.9. The van der Waals surface area contributed by atoms with Gasteiger partial charge in [0, 0.05) is 56.5 Å². The highest BCUT2D eigenvalue weighted by molar-refractivity contribution is 6.38. The number of aliphatic imine (C=N–C) groups is 1. The molecule has 1 fully saturated rings. The highest BCUT2D eigenvalue weighted by Gasteiger charge is 2.53. The Balaban J connectivity index is 1.89. The number of nitrogens with one attached hydrogen (secondary N) is 2. The Morgan fingerprint density at radius 2 is 1.85 bits per heavy atom. The molecule has 1 atom stereocenters. The summed E-state index contributed by atoms with van der Waals surface area (Å²) in [7, 11) is 4.82. The summed E-state index contributed by atoms with van der Waals surface area (Å²) in [5, 5.41) is 6.23. The molecular weight excluding hydrogens is 420 g/mol. The third-order valence-corrected chi connectivity index (χ3v) is 6.10. The Morgan fingerprint density at radius 3 is 2.42 bits per heavy atom. The lowest BCUT2D eigenvalue weighted by atomic mass is 9.93. The standard InChI is InChI=1S/C25H28N4O4/c1-15(30)27-14-25(2)23(31)22(21-10-16-8-6-7-9-20(16)28-21)24(26-3)29(25)17-11-18(32-4)13-19(12-17)33-5/h6-9,11-13,28H,10,14H2,1-5H3,(H,27,30)/t25-/m0/s1. The molecule has 0 radical (unpaired) electrons. The van der Waals surface area contributed by atoms with Gasteiger partial charge in [0.15, 0.2) is 5.78 Å². The van der Waals surface area contributed by atoms with E-state index in [1.165, 1.54) is 6.92 Å². The number of allylic oxidation sites excluding steroid dienone is 1. The number of ketones is 1. The van der Waals surface area contributed by atoms with Gasteiger partial charge >= 0.3 is 0 Å². The Hall–Kier alpha value is -3.81. The second-order valence-electron chi connectivity index (χ2n) is 8.28. The fraction of sp³-hybridized carbons (Fsp3) is 0.320. The Bertz CT molecular complexity index is 1140. The van der Waals surface area contributed by atoms with Crippen molar-refractivity contribution in [2.24, 2.45) is 4.99 Å². The Morgan fingerprint density at radius 1 is 1.18 bits per heavy atom. The van der Waals surface area contributed by atoms with Crippen LogP contribution in [0.5, 0.6) is 11.5 Å². The fourth-order valence-electron chi connectivity index (χ4n) is 4.43. The van der Waals surface area contributed by atoms with Gasteiger partial charge in [-0.15, -0.1) is 0 Å². The molecular formula is C25H28N4O4. The van der Waals surface area contributed by atoms with Crippen molar-refractivity contribution in [3.8, 4) is 11.5 Å². The lowest BCUT2D eigenvalue weighted by Gasteiger charge is -2.35. The van der Waals surface area contributed by atoms with Crippen LogP contribution < -0.4 is 25.0 Å². The van der Waals surface area contributed by atoms with E-state index in [0.717, 1.165) is 16.9 Å². The molecule has 2 N–H and O–H groups in total. The van der Waals surface area contributed by atoms with E-state index in [0.29, 0.717) is 35.0 Å². The lowest BCUT2D eigenvalue weighted by Crippen LogP contribution is -2.55. The molecule has 172 valence electrons. The number of nitrogens with zero attached hydrogens (tertiary/aromatic N) is 2. The molecule has 8 heteroatoms. The quantitative estimate of drug-likeness (QED) is 0.684. The average molecular weight is 449 g/mol. The van der Waals surface area contributed by atoms with Gasteiger partial charge in [0.1, 0.15) is 22.9 Å². The fourth-order valence-corrected chi connectivity index (χ4v) is 4.43. The van der Waals surface area contributed by atoms with Crippen LogP contribution in [0.15, 0.2) is 58.7 Å². The molecule has 2 aliphatic rings. The van der Waals surface area contributed by atoms with Gasteiger partial charge in [0.25, 0.3) is 0 Å². The second kappa shape index (κ2) is 8.61. The molecule has 2 aromatic rings. The first-order chi connectivity index (χ1) is 15.8. The van der Waals surface area contributed by atoms with E-state index < -0.39 is 5.54 Å². The van der Waals surface area contributed by atoms with E-state index in [-0.39, 0.29) is 18.2 Å². The zero-order valence-corrected chi connectivity index (χ0v) is 19.5. The van der Waals surface area contributed by atoms with Crippen molar-refractivity contribution in [3.63, 3.8) is 0 Å². The second-order valence-corrected chi connectivity index (χ2v) is 8.28. The number of hydrogen-bond acceptors (Lipinski definition) is 6. The van der Waals surface area contributed by atoms with Gasteiger partial charge < -0.3 is 25.0 Å². The largest absolute Gasteiger partial charge is 0.497 e. The maximum absolute atomic E-state index is 14.0. The number of Topliss-reactive ketones (excluding diaryl/α,β-unsaturated/α-hetero) is 1. The molecule has 0 saturated carbocycles. The zero-order chi connectivity index (χ0) is 23.8. The van der Waals surface area contributed by atoms with Crippen LogP contribution in [0.2, 0.25) is 0 Å². The lowest BCUT2D eigenvalue weighted by molar-refractivity contribution is -0.120. The highest BCUT2D eigenvalue weighted by Crippen LogP contribution is 2.42. The Kier molecular flexibility index (Phi) is 5.84. The molecule has 2 aliphatic heterocycles. The van der Waals surface area contributed by atoms with Crippen molar-refractivity contribution in [1.82, 2.24) is 5.32 Å². The van der Waals surface area contributed by atoms with Crippen LogP contribution in [0, 0.1) is 0 Å². The maximum atomic E-state index is 14.0. The number of hydrogen-bond donors (Lipinski definition) is 2. The number of para-hydroxylation sites is 1. The molecule has 1 saturated heterocycles. The van der Waals surface area contributed by atoms with Crippen molar-refractivity contribution in [2.75, 3.05) is 38.0 Å². The number of carbonyl (C=O) groups excluding carboxylic acids is 2. The predicted octanol–water partition coefficient (Wildman–Crippen LogP) is 2.94. The number of amidine groups is 1. The molecule has 33 heavy (non-hydrogen) atoms. The van der Waals surface area contributed by atoms with E-state index in [4.69, 9.17) is 9.47 Å². The maximum Gasteiger partial charge on any atom is 0.216 e. The molecule has 0 bridgehead atoms. The number of carbonyl (C=O) groups is 2. The highest BCUT2D eigenvalue weighted by atomic mass is 16.5. The first kappa shape index (κ1) is 22.4. The molecule has 0 aliphatic carbocycles. The van der Waals surface area contributed by atoms with Gasteiger partial charge in [0.2, 0.25) is 5.91 Å². The number of ether oxygens (including phenoxy) is 2. The number of rotatable bonds is 5. The molecule has 1 amide bonds. The summed E-state index contributed by atoms with van der Waals surface area (Å²) in [5.41, 5.74) is 2.99. The van der Waals surface area contributed by atoms with E-state index in [9.17, 15) is 9.59 Å². The van der Waals surface area contributed by atoms with Crippen molar-refractivity contribution in [3.05, 3.63) is 59.3 Å².